The van der Waals surface area contributed by atoms with Crippen molar-refractivity contribution in [2.75, 3.05) is 18.0 Å². The van der Waals surface area contributed by atoms with E-state index in [0.29, 0.717) is 5.82 Å². The zero-order valence-corrected chi connectivity index (χ0v) is 13.9. The van der Waals surface area contributed by atoms with Crippen molar-refractivity contribution in [1.29, 1.82) is 0 Å². The minimum absolute atomic E-state index is 0.247. The molecule has 1 saturated heterocycles. The molecule has 0 spiro atoms. The molecular formula is C20H19FN4. The number of pyridine rings is 1. The van der Waals surface area contributed by atoms with Gasteiger partial charge >= 0.3 is 0 Å². The molecule has 1 fully saturated rings. The molecule has 1 aromatic carbocycles. The van der Waals surface area contributed by atoms with Crippen LogP contribution in [0, 0.1) is 5.82 Å². The first-order valence-electron chi connectivity index (χ1n) is 8.60. The number of hydrogen-bond acceptors (Lipinski definition) is 4. The van der Waals surface area contributed by atoms with Gasteiger partial charge in [0.15, 0.2) is 5.82 Å². The molecule has 3 heterocycles. The van der Waals surface area contributed by atoms with Crippen LogP contribution in [0.4, 0.5) is 10.2 Å². The Hall–Kier alpha value is -2.82. The summed E-state index contributed by atoms with van der Waals surface area (Å²) in [5.41, 5.74) is 2.62. The molecule has 1 aliphatic rings. The Morgan fingerprint density at radius 3 is 2.24 bits per heavy atom. The predicted molar refractivity (Wildman–Crippen MR) is 96.7 cm³/mol. The van der Waals surface area contributed by atoms with E-state index in [9.17, 15) is 4.39 Å². The summed E-state index contributed by atoms with van der Waals surface area (Å²) in [7, 11) is 0. The summed E-state index contributed by atoms with van der Waals surface area (Å²) in [6, 6.07) is 12.3. The summed E-state index contributed by atoms with van der Waals surface area (Å²) >= 11 is 0. The molecule has 0 aliphatic carbocycles. The monoisotopic (exact) mass is 334 g/mol. The molecule has 4 nitrogen and oxygen atoms in total. The number of halogens is 1. The quantitative estimate of drug-likeness (QED) is 0.715. The van der Waals surface area contributed by atoms with E-state index in [4.69, 9.17) is 9.97 Å². The van der Waals surface area contributed by atoms with Crippen molar-refractivity contribution >= 4 is 5.82 Å². The molecule has 0 radical (unpaired) electrons. The Labute approximate surface area is 146 Å². The van der Waals surface area contributed by atoms with Crippen molar-refractivity contribution in [1.82, 2.24) is 15.0 Å². The minimum Gasteiger partial charge on any atom is -0.356 e. The summed E-state index contributed by atoms with van der Waals surface area (Å²) in [5.74, 6) is 1.36. The van der Waals surface area contributed by atoms with Gasteiger partial charge in [-0.2, -0.15) is 0 Å². The van der Waals surface area contributed by atoms with Crippen LogP contribution in [0.15, 0.2) is 54.9 Å². The van der Waals surface area contributed by atoms with E-state index in [1.807, 2.05) is 18.2 Å². The van der Waals surface area contributed by atoms with Gasteiger partial charge in [-0.15, -0.1) is 0 Å². The van der Waals surface area contributed by atoms with Crippen molar-refractivity contribution in [3.63, 3.8) is 0 Å². The first-order valence-corrected chi connectivity index (χ1v) is 8.60. The van der Waals surface area contributed by atoms with Gasteiger partial charge in [0.2, 0.25) is 0 Å². The topological polar surface area (TPSA) is 41.9 Å². The number of benzene rings is 1. The fraction of sp³-hybridized carbons (Fsp3) is 0.250. The summed E-state index contributed by atoms with van der Waals surface area (Å²) < 4.78 is 13.3. The Bertz CT molecular complexity index is 843. The average molecular weight is 334 g/mol. The van der Waals surface area contributed by atoms with Crippen molar-refractivity contribution in [2.45, 2.75) is 19.3 Å². The summed E-state index contributed by atoms with van der Waals surface area (Å²) in [5, 5.41) is 0. The van der Waals surface area contributed by atoms with Crippen LogP contribution in [0.5, 0.6) is 0 Å². The Morgan fingerprint density at radius 1 is 0.800 bits per heavy atom. The lowest BCUT2D eigenvalue weighted by Crippen LogP contribution is -2.30. The van der Waals surface area contributed by atoms with Crippen LogP contribution in [0.25, 0.3) is 22.6 Å². The Balaban J connectivity index is 1.81. The minimum atomic E-state index is -0.247. The molecule has 3 aromatic rings. The van der Waals surface area contributed by atoms with Crippen molar-refractivity contribution in [2.24, 2.45) is 0 Å². The van der Waals surface area contributed by atoms with Crippen LogP contribution in [-0.2, 0) is 0 Å². The van der Waals surface area contributed by atoms with E-state index in [-0.39, 0.29) is 5.82 Å². The lowest BCUT2D eigenvalue weighted by atomic mass is 10.1. The number of nitrogens with zero attached hydrogens (tertiary/aromatic N) is 4. The fourth-order valence-corrected chi connectivity index (χ4v) is 3.12. The van der Waals surface area contributed by atoms with Crippen LogP contribution in [0.3, 0.4) is 0 Å². The second-order valence-corrected chi connectivity index (χ2v) is 6.23. The average Bonchev–Trinajstić information content (AvgIpc) is 2.69. The maximum atomic E-state index is 13.3. The van der Waals surface area contributed by atoms with E-state index in [2.05, 4.69) is 9.88 Å². The second kappa shape index (κ2) is 6.97. The zero-order chi connectivity index (χ0) is 17.1. The van der Waals surface area contributed by atoms with E-state index >= 15 is 0 Å². The highest BCUT2D eigenvalue weighted by Gasteiger charge is 2.16. The first kappa shape index (κ1) is 15.7. The molecule has 0 bridgehead atoms. The standard InChI is InChI=1S/C20H19FN4/c21-17-6-4-15(5-7-17)18-14-19(25-12-2-1-3-13-25)24-20(23-18)16-8-10-22-11-9-16/h4-11,14H,1-3,12-13H2. The third kappa shape index (κ3) is 3.50. The molecule has 2 aromatic heterocycles. The maximum Gasteiger partial charge on any atom is 0.162 e. The molecular weight excluding hydrogens is 315 g/mol. The largest absolute Gasteiger partial charge is 0.356 e. The highest BCUT2D eigenvalue weighted by Crippen LogP contribution is 2.27. The van der Waals surface area contributed by atoms with Crippen LogP contribution in [-0.4, -0.2) is 28.0 Å². The molecule has 5 heteroatoms. The van der Waals surface area contributed by atoms with Crippen molar-refractivity contribution in [3.8, 4) is 22.6 Å². The third-order valence-electron chi connectivity index (χ3n) is 4.47. The van der Waals surface area contributed by atoms with E-state index < -0.39 is 0 Å². The zero-order valence-electron chi connectivity index (χ0n) is 13.9. The SMILES string of the molecule is Fc1ccc(-c2cc(N3CCCCC3)nc(-c3ccncc3)n2)cc1. The Kier molecular flexibility index (Phi) is 4.37. The molecule has 1 aliphatic heterocycles. The highest BCUT2D eigenvalue weighted by molar-refractivity contribution is 5.67. The van der Waals surface area contributed by atoms with Gasteiger partial charge < -0.3 is 4.90 Å². The number of hydrogen-bond donors (Lipinski definition) is 0. The summed E-state index contributed by atoms with van der Waals surface area (Å²) in [6.07, 6.45) is 7.11. The third-order valence-corrected chi connectivity index (χ3v) is 4.47. The second-order valence-electron chi connectivity index (χ2n) is 6.23. The van der Waals surface area contributed by atoms with Gasteiger partial charge in [0.25, 0.3) is 0 Å². The van der Waals surface area contributed by atoms with Gasteiger partial charge in [-0.3, -0.25) is 4.98 Å². The fourth-order valence-electron chi connectivity index (χ4n) is 3.12. The van der Waals surface area contributed by atoms with Crippen LogP contribution in [0.1, 0.15) is 19.3 Å². The van der Waals surface area contributed by atoms with E-state index in [1.54, 1.807) is 24.5 Å². The van der Waals surface area contributed by atoms with Crippen molar-refractivity contribution < 1.29 is 4.39 Å². The molecule has 0 amide bonds. The highest BCUT2D eigenvalue weighted by atomic mass is 19.1. The van der Waals surface area contributed by atoms with Gasteiger partial charge in [-0.1, -0.05) is 0 Å². The molecule has 4 rings (SSSR count). The van der Waals surface area contributed by atoms with E-state index in [1.165, 1.54) is 31.4 Å². The maximum absolute atomic E-state index is 13.3. The first-order chi connectivity index (χ1) is 12.3. The number of anilines is 1. The number of piperidine rings is 1. The summed E-state index contributed by atoms with van der Waals surface area (Å²) in [6.45, 7) is 2.02. The molecule has 126 valence electrons. The van der Waals surface area contributed by atoms with Gasteiger partial charge in [0, 0.05) is 42.7 Å². The predicted octanol–water partition coefficient (Wildman–Crippen LogP) is 4.34. The van der Waals surface area contributed by atoms with Gasteiger partial charge in [0.1, 0.15) is 11.6 Å². The molecule has 25 heavy (non-hydrogen) atoms. The van der Waals surface area contributed by atoms with Gasteiger partial charge in [-0.25, -0.2) is 14.4 Å². The van der Waals surface area contributed by atoms with Gasteiger partial charge in [-0.05, 0) is 55.7 Å². The lowest BCUT2D eigenvalue weighted by molar-refractivity contribution is 0.573. The van der Waals surface area contributed by atoms with Crippen LogP contribution < -0.4 is 4.90 Å². The molecule has 0 unspecified atom stereocenters. The van der Waals surface area contributed by atoms with Crippen LogP contribution in [0.2, 0.25) is 0 Å². The molecule has 0 N–H and O–H groups in total. The molecule has 0 atom stereocenters. The summed E-state index contributed by atoms with van der Waals surface area (Å²) in [4.78, 5) is 15.9. The smallest absolute Gasteiger partial charge is 0.162 e. The normalized spacial score (nSPS) is 14.5. The van der Waals surface area contributed by atoms with Gasteiger partial charge in [0.05, 0.1) is 5.69 Å². The number of aromatic nitrogens is 3. The van der Waals surface area contributed by atoms with E-state index in [0.717, 1.165) is 35.7 Å². The van der Waals surface area contributed by atoms with Crippen LogP contribution >= 0.6 is 0 Å². The Morgan fingerprint density at radius 2 is 1.52 bits per heavy atom. The lowest BCUT2D eigenvalue weighted by Gasteiger charge is -2.28. The number of rotatable bonds is 3. The molecule has 0 saturated carbocycles. The van der Waals surface area contributed by atoms with Crippen molar-refractivity contribution in [3.05, 3.63) is 60.7 Å².